The van der Waals surface area contributed by atoms with Gasteiger partial charge in [-0.15, -0.1) is 0 Å². The number of fused-ring (bicyclic) bond motifs is 1. The number of carbonyl (C=O) groups excluding carboxylic acids is 1. The highest BCUT2D eigenvalue weighted by molar-refractivity contribution is 9.10. The molecule has 9 heteroatoms. The first-order chi connectivity index (χ1) is 17.0. The van der Waals surface area contributed by atoms with Gasteiger partial charge in [0.05, 0.1) is 22.7 Å². The summed E-state index contributed by atoms with van der Waals surface area (Å²) in [5, 5.41) is 17.1. The number of non-ortho nitro benzene ring substituents is 1. The second-order valence-electron chi connectivity index (χ2n) is 7.47. The number of nitrogens with one attached hydrogen (secondary N) is 1. The molecule has 0 saturated carbocycles. The minimum Gasteiger partial charge on any atom is -0.493 e. The second-order valence-corrected chi connectivity index (χ2v) is 8.32. The average Bonchev–Trinajstić information content (AvgIpc) is 2.87. The number of hydrogen-bond acceptors (Lipinski definition) is 6. The van der Waals surface area contributed by atoms with Gasteiger partial charge in [0.15, 0.2) is 11.5 Å². The number of ether oxygens (including phenoxy) is 2. The van der Waals surface area contributed by atoms with E-state index in [4.69, 9.17) is 9.47 Å². The largest absolute Gasteiger partial charge is 0.493 e. The van der Waals surface area contributed by atoms with Crippen LogP contribution in [0.4, 0.5) is 5.69 Å². The van der Waals surface area contributed by atoms with Gasteiger partial charge < -0.3 is 9.47 Å². The number of nitro benzene ring substituents is 1. The van der Waals surface area contributed by atoms with Gasteiger partial charge in [0.25, 0.3) is 11.6 Å². The molecule has 0 spiro atoms. The first kappa shape index (κ1) is 23.9. The van der Waals surface area contributed by atoms with E-state index >= 15 is 0 Å². The monoisotopic (exact) mass is 533 g/mol. The maximum Gasteiger partial charge on any atom is 0.271 e. The zero-order chi connectivity index (χ0) is 24.8. The quantitative estimate of drug-likeness (QED) is 0.173. The third kappa shape index (κ3) is 5.64. The zero-order valence-corrected chi connectivity index (χ0v) is 20.2. The number of nitro groups is 1. The number of carbonyl (C=O) groups is 1. The molecule has 1 amide bonds. The summed E-state index contributed by atoms with van der Waals surface area (Å²) >= 11 is 3.52. The second kappa shape index (κ2) is 10.8. The van der Waals surface area contributed by atoms with Gasteiger partial charge in [-0.05, 0) is 56.0 Å². The van der Waals surface area contributed by atoms with Crippen molar-refractivity contribution in [2.75, 3.05) is 7.11 Å². The number of amides is 1. The van der Waals surface area contributed by atoms with E-state index in [1.54, 1.807) is 12.1 Å². The zero-order valence-electron chi connectivity index (χ0n) is 18.6. The van der Waals surface area contributed by atoms with Crippen molar-refractivity contribution in [2.45, 2.75) is 6.61 Å². The molecule has 4 aromatic rings. The predicted molar refractivity (Wildman–Crippen MR) is 137 cm³/mol. The van der Waals surface area contributed by atoms with Crippen LogP contribution in [0.2, 0.25) is 0 Å². The van der Waals surface area contributed by atoms with Gasteiger partial charge in [-0.3, -0.25) is 14.9 Å². The van der Waals surface area contributed by atoms with Crippen LogP contribution in [0.5, 0.6) is 11.5 Å². The Morgan fingerprint density at radius 1 is 1.09 bits per heavy atom. The molecular weight excluding hydrogens is 514 g/mol. The van der Waals surface area contributed by atoms with E-state index in [9.17, 15) is 14.9 Å². The van der Waals surface area contributed by atoms with Crippen molar-refractivity contribution < 1.29 is 19.2 Å². The van der Waals surface area contributed by atoms with Gasteiger partial charge in [-0.2, -0.15) is 5.10 Å². The Labute approximate surface area is 209 Å². The van der Waals surface area contributed by atoms with Crippen molar-refractivity contribution in [3.8, 4) is 11.5 Å². The van der Waals surface area contributed by atoms with Crippen LogP contribution < -0.4 is 14.9 Å². The van der Waals surface area contributed by atoms with E-state index in [-0.39, 0.29) is 11.3 Å². The molecule has 0 bridgehead atoms. The smallest absolute Gasteiger partial charge is 0.271 e. The Kier molecular flexibility index (Phi) is 7.37. The summed E-state index contributed by atoms with van der Waals surface area (Å²) in [5.41, 5.74) is 4.02. The summed E-state index contributed by atoms with van der Waals surface area (Å²) < 4.78 is 12.3. The lowest BCUT2D eigenvalue weighted by molar-refractivity contribution is -0.384. The molecule has 1 N–H and O–H groups in total. The van der Waals surface area contributed by atoms with Crippen LogP contribution in [0.15, 0.2) is 88.4 Å². The molecule has 0 fully saturated rings. The van der Waals surface area contributed by atoms with Crippen LogP contribution in [0, 0.1) is 10.1 Å². The van der Waals surface area contributed by atoms with E-state index in [1.165, 1.54) is 37.6 Å². The normalized spacial score (nSPS) is 10.9. The number of hydrogen-bond donors (Lipinski definition) is 1. The van der Waals surface area contributed by atoms with E-state index in [0.29, 0.717) is 28.1 Å². The van der Waals surface area contributed by atoms with Gasteiger partial charge in [0, 0.05) is 17.7 Å². The number of rotatable bonds is 8. The van der Waals surface area contributed by atoms with Crippen LogP contribution in [0.3, 0.4) is 0 Å². The first-order valence-corrected chi connectivity index (χ1v) is 11.3. The first-order valence-electron chi connectivity index (χ1n) is 10.5. The van der Waals surface area contributed by atoms with E-state index in [2.05, 4.69) is 44.7 Å². The van der Waals surface area contributed by atoms with Crippen molar-refractivity contribution in [3.63, 3.8) is 0 Å². The molecule has 0 saturated heterocycles. The molecule has 0 atom stereocenters. The number of nitrogens with zero attached hydrogens (tertiary/aromatic N) is 2. The summed E-state index contributed by atoms with van der Waals surface area (Å²) in [5.74, 6) is 0.468. The number of halogens is 1. The van der Waals surface area contributed by atoms with E-state index < -0.39 is 10.8 Å². The van der Waals surface area contributed by atoms with Crippen LogP contribution in [0.25, 0.3) is 10.8 Å². The Hall–Kier alpha value is -4.24. The number of methoxy groups -OCH3 is 1. The number of benzene rings is 4. The molecule has 0 aliphatic heterocycles. The Morgan fingerprint density at radius 3 is 2.66 bits per heavy atom. The van der Waals surface area contributed by atoms with Crippen molar-refractivity contribution in [1.29, 1.82) is 0 Å². The highest BCUT2D eigenvalue weighted by Gasteiger charge is 2.13. The standard InChI is InChI=1S/C26H20BrN3O5/c1-34-24-13-17(15-28-29-26(31)19-8-5-10-21(14-19)30(32)33)12-23(27)25(24)35-16-20-9-4-7-18-6-2-3-11-22(18)20/h2-15H,16H2,1H3,(H,29,31)/b28-15-. The maximum atomic E-state index is 12.3. The molecule has 0 radical (unpaired) electrons. The van der Waals surface area contributed by atoms with Crippen molar-refractivity contribution in [2.24, 2.45) is 5.10 Å². The molecule has 8 nitrogen and oxygen atoms in total. The van der Waals surface area contributed by atoms with Gasteiger partial charge in [-0.25, -0.2) is 5.43 Å². The maximum absolute atomic E-state index is 12.3. The Morgan fingerprint density at radius 2 is 1.86 bits per heavy atom. The third-order valence-corrected chi connectivity index (χ3v) is 5.79. The van der Waals surface area contributed by atoms with Crippen molar-refractivity contribution in [1.82, 2.24) is 5.43 Å². The molecule has 176 valence electrons. The molecule has 0 unspecified atom stereocenters. The van der Waals surface area contributed by atoms with Gasteiger partial charge in [0.2, 0.25) is 0 Å². The third-order valence-electron chi connectivity index (χ3n) is 5.20. The van der Waals surface area contributed by atoms with Crippen LogP contribution in [-0.2, 0) is 6.61 Å². The number of hydrazone groups is 1. The fraction of sp³-hybridized carbons (Fsp3) is 0.0769. The molecule has 4 rings (SSSR count). The summed E-state index contributed by atoms with van der Waals surface area (Å²) in [6.45, 7) is 0.350. The van der Waals surface area contributed by atoms with Gasteiger partial charge >= 0.3 is 0 Å². The molecule has 35 heavy (non-hydrogen) atoms. The molecule has 0 aromatic heterocycles. The fourth-order valence-electron chi connectivity index (χ4n) is 3.51. The molecule has 0 heterocycles. The lowest BCUT2D eigenvalue weighted by Gasteiger charge is -2.14. The highest BCUT2D eigenvalue weighted by Crippen LogP contribution is 2.37. The van der Waals surface area contributed by atoms with Crippen LogP contribution in [-0.4, -0.2) is 24.2 Å². The minimum atomic E-state index is -0.564. The van der Waals surface area contributed by atoms with Gasteiger partial charge in [0.1, 0.15) is 6.61 Å². The van der Waals surface area contributed by atoms with Crippen molar-refractivity contribution in [3.05, 3.63) is 110 Å². The summed E-state index contributed by atoms with van der Waals surface area (Å²) in [6.07, 6.45) is 1.44. The van der Waals surface area contributed by atoms with Crippen LogP contribution in [0.1, 0.15) is 21.5 Å². The molecule has 0 aliphatic carbocycles. The molecule has 4 aromatic carbocycles. The summed E-state index contributed by atoms with van der Waals surface area (Å²) in [4.78, 5) is 22.6. The average molecular weight is 534 g/mol. The Balaban J connectivity index is 1.47. The highest BCUT2D eigenvalue weighted by atomic mass is 79.9. The minimum absolute atomic E-state index is 0.132. The van der Waals surface area contributed by atoms with E-state index in [1.807, 2.05) is 24.3 Å². The fourth-order valence-corrected chi connectivity index (χ4v) is 4.09. The summed E-state index contributed by atoms with van der Waals surface area (Å²) in [7, 11) is 1.54. The topological polar surface area (TPSA) is 103 Å². The predicted octanol–water partition coefficient (Wildman–Crippen LogP) is 5.86. The van der Waals surface area contributed by atoms with Gasteiger partial charge in [-0.1, -0.05) is 48.5 Å². The van der Waals surface area contributed by atoms with Crippen LogP contribution >= 0.6 is 15.9 Å². The molecular formula is C26H20BrN3O5. The lowest BCUT2D eigenvalue weighted by Crippen LogP contribution is -2.17. The Bertz CT molecular complexity index is 1430. The van der Waals surface area contributed by atoms with E-state index in [0.717, 1.165) is 16.3 Å². The SMILES string of the molecule is COc1cc(/C=N\NC(=O)c2cccc([N+](=O)[O-])c2)cc(Br)c1OCc1cccc2ccccc12. The lowest BCUT2D eigenvalue weighted by atomic mass is 10.1. The summed E-state index contributed by atoms with van der Waals surface area (Å²) in [6, 6.07) is 23.1. The molecule has 0 aliphatic rings. The van der Waals surface area contributed by atoms with Crippen molar-refractivity contribution >= 4 is 44.5 Å².